The summed E-state index contributed by atoms with van der Waals surface area (Å²) in [6.07, 6.45) is 18.3. The number of amides is 1. The van der Waals surface area contributed by atoms with Gasteiger partial charge in [-0.15, -0.1) is 0 Å². The number of carbonyl (C=O) groups excluding carboxylic acids is 1. The van der Waals surface area contributed by atoms with Gasteiger partial charge in [0.15, 0.2) is 0 Å². The monoisotopic (exact) mass is 355 g/mol. The van der Waals surface area contributed by atoms with Crippen LogP contribution in [0.25, 0.3) is 0 Å². The van der Waals surface area contributed by atoms with Crippen molar-refractivity contribution < 1.29 is 9.53 Å². The van der Waals surface area contributed by atoms with Crippen molar-refractivity contribution in [1.29, 1.82) is 0 Å². The van der Waals surface area contributed by atoms with Crippen LogP contribution < -0.4 is 0 Å². The molecule has 0 aromatic rings. The molecule has 1 amide bonds. The molecule has 0 rings (SSSR count). The molecular formula is C22H45NO2. The third kappa shape index (κ3) is 16.6. The van der Waals surface area contributed by atoms with Gasteiger partial charge in [-0.3, -0.25) is 4.79 Å². The van der Waals surface area contributed by atoms with E-state index in [-0.39, 0.29) is 0 Å². The van der Waals surface area contributed by atoms with Crippen molar-refractivity contribution in [1.82, 2.24) is 4.90 Å². The Kier molecular flexibility index (Phi) is 17.8. The summed E-state index contributed by atoms with van der Waals surface area (Å²) in [5, 5.41) is 0. The molecule has 0 aromatic carbocycles. The van der Waals surface area contributed by atoms with Crippen LogP contribution >= 0.6 is 0 Å². The van der Waals surface area contributed by atoms with E-state index >= 15 is 0 Å². The maximum Gasteiger partial charge on any atom is 0.209 e. The lowest BCUT2D eigenvalue weighted by molar-refractivity contribution is -0.118. The first kappa shape index (κ1) is 24.4. The highest BCUT2D eigenvalue weighted by Gasteiger charge is 2.09. The summed E-state index contributed by atoms with van der Waals surface area (Å²) < 4.78 is 5.81. The van der Waals surface area contributed by atoms with Gasteiger partial charge in [0.05, 0.1) is 0 Å². The molecule has 150 valence electrons. The fraction of sp³-hybridized carbons (Fsp3) is 0.955. The average molecular weight is 356 g/mol. The molecule has 0 radical (unpaired) electrons. The van der Waals surface area contributed by atoms with E-state index in [0.29, 0.717) is 12.0 Å². The van der Waals surface area contributed by atoms with Gasteiger partial charge in [-0.05, 0) is 32.1 Å². The Morgan fingerprint density at radius 1 is 0.840 bits per heavy atom. The zero-order chi connectivity index (χ0) is 18.8. The first-order valence-corrected chi connectivity index (χ1v) is 10.9. The van der Waals surface area contributed by atoms with E-state index in [2.05, 4.69) is 20.8 Å². The van der Waals surface area contributed by atoms with Crippen LogP contribution in [0, 0.1) is 5.92 Å². The molecule has 0 aromatic heterocycles. The number of hydrogen-bond donors (Lipinski definition) is 0. The van der Waals surface area contributed by atoms with Crippen LogP contribution in [-0.2, 0) is 9.53 Å². The molecule has 3 heteroatoms. The molecule has 0 bridgehead atoms. The second kappa shape index (κ2) is 18.2. The Morgan fingerprint density at radius 3 is 1.88 bits per heavy atom. The molecule has 0 heterocycles. The zero-order valence-corrected chi connectivity index (χ0v) is 17.6. The lowest BCUT2D eigenvalue weighted by Gasteiger charge is -2.21. The highest BCUT2D eigenvalue weighted by molar-refractivity contribution is 5.46. The summed E-state index contributed by atoms with van der Waals surface area (Å²) in [6, 6.07) is 0.326. The van der Waals surface area contributed by atoms with Crippen molar-refractivity contribution in [2.24, 2.45) is 5.92 Å². The maximum atomic E-state index is 10.7. The van der Waals surface area contributed by atoms with Crippen LogP contribution in [0.5, 0.6) is 0 Å². The number of nitrogens with zero attached hydrogens (tertiary/aromatic N) is 1. The van der Waals surface area contributed by atoms with Crippen molar-refractivity contribution in [3.8, 4) is 0 Å². The number of carbonyl (C=O) groups is 1. The summed E-state index contributed by atoms with van der Waals surface area (Å²) in [5.74, 6) is 0.579. The molecule has 0 fully saturated rings. The van der Waals surface area contributed by atoms with Gasteiger partial charge in [0.2, 0.25) is 6.41 Å². The number of hydrogen-bond acceptors (Lipinski definition) is 2. The highest BCUT2D eigenvalue weighted by atomic mass is 16.5. The molecule has 2 unspecified atom stereocenters. The molecule has 0 saturated heterocycles. The minimum absolute atomic E-state index is 0.326. The van der Waals surface area contributed by atoms with E-state index in [9.17, 15) is 4.79 Å². The lowest BCUT2D eigenvalue weighted by Crippen LogP contribution is -2.28. The van der Waals surface area contributed by atoms with E-state index in [1.807, 2.05) is 7.05 Å². The Balaban J connectivity index is 3.26. The Labute approximate surface area is 157 Å². The molecule has 0 spiro atoms. The van der Waals surface area contributed by atoms with Gasteiger partial charge in [0.1, 0.15) is 0 Å². The first-order chi connectivity index (χ1) is 12.1. The first-order valence-electron chi connectivity index (χ1n) is 10.9. The molecule has 25 heavy (non-hydrogen) atoms. The summed E-state index contributed by atoms with van der Waals surface area (Å²) in [7, 11) is 1.85. The molecular weight excluding hydrogens is 310 g/mol. The van der Waals surface area contributed by atoms with Crippen LogP contribution in [0.15, 0.2) is 0 Å². The van der Waals surface area contributed by atoms with Gasteiger partial charge in [0.25, 0.3) is 0 Å². The average Bonchev–Trinajstić information content (AvgIpc) is 2.62. The Hall–Kier alpha value is -0.570. The number of rotatable bonds is 19. The SMILES string of the molecule is CCCCCCCCCCCCCOCC(C)CCC(C)N(C)C=O. The molecule has 0 saturated carbocycles. The van der Waals surface area contributed by atoms with E-state index < -0.39 is 0 Å². The van der Waals surface area contributed by atoms with Crippen molar-refractivity contribution in [3.05, 3.63) is 0 Å². The summed E-state index contributed by atoms with van der Waals surface area (Å²) in [4.78, 5) is 12.4. The molecule has 2 atom stereocenters. The van der Waals surface area contributed by atoms with Gasteiger partial charge in [0, 0.05) is 26.3 Å². The Morgan fingerprint density at radius 2 is 1.36 bits per heavy atom. The van der Waals surface area contributed by atoms with Crippen LogP contribution in [0.4, 0.5) is 0 Å². The third-order valence-electron chi connectivity index (χ3n) is 5.23. The highest BCUT2D eigenvalue weighted by Crippen LogP contribution is 2.13. The van der Waals surface area contributed by atoms with Crippen LogP contribution in [0.1, 0.15) is 104 Å². The van der Waals surface area contributed by atoms with Gasteiger partial charge in [-0.25, -0.2) is 0 Å². The van der Waals surface area contributed by atoms with Crippen LogP contribution in [0.3, 0.4) is 0 Å². The quantitative estimate of drug-likeness (QED) is 0.204. The summed E-state index contributed by atoms with van der Waals surface area (Å²) in [5.41, 5.74) is 0. The van der Waals surface area contributed by atoms with Gasteiger partial charge >= 0.3 is 0 Å². The second-order valence-electron chi connectivity index (χ2n) is 7.91. The van der Waals surface area contributed by atoms with Gasteiger partial charge in [-0.1, -0.05) is 78.1 Å². The van der Waals surface area contributed by atoms with Crippen molar-refractivity contribution >= 4 is 6.41 Å². The van der Waals surface area contributed by atoms with Gasteiger partial charge in [-0.2, -0.15) is 0 Å². The van der Waals surface area contributed by atoms with Crippen LogP contribution in [-0.4, -0.2) is 37.6 Å². The third-order valence-corrected chi connectivity index (χ3v) is 5.23. The molecule has 0 aliphatic heterocycles. The van der Waals surface area contributed by atoms with E-state index in [4.69, 9.17) is 4.74 Å². The van der Waals surface area contributed by atoms with Gasteiger partial charge < -0.3 is 9.64 Å². The number of ether oxygens (including phenoxy) is 1. The van der Waals surface area contributed by atoms with E-state index in [1.165, 1.54) is 70.6 Å². The van der Waals surface area contributed by atoms with Crippen molar-refractivity contribution in [2.75, 3.05) is 20.3 Å². The molecule has 0 aliphatic rings. The summed E-state index contributed by atoms with van der Waals surface area (Å²) in [6.45, 7) is 8.39. The summed E-state index contributed by atoms with van der Waals surface area (Å²) >= 11 is 0. The molecule has 0 aliphatic carbocycles. The number of unbranched alkanes of at least 4 members (excludes halogenated alkanes) is 10. The van der Waals surface area contributed by atoms with Crippen molar-refractivity contribution in [2.45, 2.75) is 110 Å². The predicted molar refractivity (Wildman–Crippen MR) is 109 cm³/mol. The second-order valence-corrected chi connectivity index (χ2v) is 7.91. The topological polar surface area (TPSA) is 29.5 Å². The maximum absolute atomic E-state index is 10.7. The standard InChI is InChI=1S/C22H45NO2/c1-5-6-7-8-9-10-11-12-13-14-15-18-25-19-21(2)16-17-22(3)23(4)20-24/h20-22H,5-19H2,1-4H3. The lowest BCUT2D eigenvalue weighted by atomic mass is 10.0. The van der Waals surface area contributed by atoms with E-state index in [1.54, 1.807) is 4.90 Å². The van der Waals surface area contributed by atoms with Crippen molar-refractivity contribution in [3.63, 3.8) is 0 Å². The minimum atomic E-state index is 0.326. The molecule has 3 nitrogen and oxygen atoms in total. The minimum Gasteiger partial charge on any atom is -0.381 e. The fourth-order valence-corrected chi connectivity index (χ4v) is 3.07. The van der Waals surface area contributed by atoms with Crippen LogP contribution in [0.2, 0.25) is 0 Å². The smallest absolute Gasteiger partial charge is 0.209 e. The fourth-order valence-electron chi connectivity index (χ4n) is 3.07. The largest absolute Gasteiger partial charge is 0.381 e. The predicted octanol–water partition coefficient (Wildman–Crippen LogP) is 6.21. The normalized spacial score (nSPS) is 13.6. The van der Waals surface area contributed by atoms with E-state index in [0.717, 1.165) is 32.5 Å². The zero-order valence-electron chi connectivity index (χ0n) is 17.6. The molecule has 0 N–H and O–H groups in total. The Bertz CT molecular complexity index is 283.